The molecule has 0 aliphatic rings. The van der Waals surface area contributed by atoms with Crippen molar-refractivity contribution in [1.29, 1.82) is 0 Å². The zero-order valence-corrected chi connectivity index (χ0v) is 13.6. The lowest BCUT2D eigenvalue weighted by Gasteiger charge is -2.11. The summed E-state index contributed by atoms with van der Waals surface area (Å²) >= 11 is 0. The first-order chi connectivity index (χ1) is 11.1. The van der Waals surface area contributed by atoms with E-state index in [-0.39, 0.29) is 12.5 Å². The second-order valence-electron chi connectivity index (χ2n) is 6.04. The van der Waals surface area contributed by atoms with E-state index in [4.69, 9.17) is 0 Å². The van der Waals surface area contributed by atoms with E-state index in [0.717, 1.165) is 28.5 Å². The number of fused-ring (bicyclic) bond motifs is 3. The highest BCUT2D eigenvalue weighted by atomic mass is 16.1. The van der Waals surface area contributed by atoms with E-state index in [1.807, 2.05) is 30.6 Å². The van der Waals surface area contributed by atoms with Crippen molar-refractivity contribution >= 4 is 33.7 Å². The standard InChI is InChI=1S/C17H21N5O/c1-11(2)9-22-10-19-15-16(22)12-6-4-5-7-13(12)20-17(15)21-14(23)8-18-3/h4-7,10-11,18H,8-9H2,1-3H3,(H,20,21,23). The summed E-state index contributed by atoms with van der Waals surface area (Å²) in [5.74, 6) is 0.887. The molecule has 120 valence electrons. The van der Waals surface area contributed by atoms with Crippen LogP contribution in [0.3, 0.4) is 0 Å². The number of carbonyl (C=O) groups is 1. The van der Waals surface area contributed by atoms with Crippen molar-refractivity contribution in [3.63, 3.8) is 0 Å². The van der Waals surface area contributed by atoms with Crippen LogP contribution < -0.4 is 10.6 Å². The Labute approximate surface area is 134 Å². The van der Waals surface area contributed by atoms with E-state index >= 15 is 0 Å². The molecule has 6 nitrogen and oxygen atoms in total. The van der Waals surface area contributed by atoms with Crippen LogP contribution in [0.25, 0.3) is 21.9 Å². The Hall–Kier alpha value is -2.47. The number of hydrogen-bond donors (Lipinski definition) is 2. The van der Waals surface area contributed by atoms with Gasteiger partial charge in [-0.05, 0) is 19.0 Å². The highest BCUT2D eigenvalue weighted by Gasteiger charge is 2.15. The van der Waals surface area contributed by atoms with E-state index in [0.29, 0.717) is 11.7 Å². The van der Waals surface area contributed by atoms with Crippen molar-refractivity contribution in [3.05, 3.63) is 30.6 Å². The van der Waals surface area contributed by atoms with Crippen molar-refractivity contribution in [2.24, 2.45) is 5.92 Å². The number of likely N-dealkylation sites (N-methyl/N-ethyl adjacent to an activating group) is 1. The Morgan fingerprint density at radius 2 is 2.09 bits per heavy atom. The number of nitrogens with one attached hydrogen (secondary N) is 2. The van der Waals surface area contributed by atoms with Gasteiger partial charge in [-0.25, -0.2) is 9.97 Å². The largest absolute Gasteiger partial charge is 0.330 e. The molecule has 23 heavy (non-hydrogen) atoms. The number of benzene rings is 1. The third kappa shape index (κ3) is 3.03. The molecule has 0 unspecified atom stereocenters. The number of rotatable bonds is 5. The van der Waals surface area contributed by atoms with Crippen LogP contribution in [0.1, 0.15) is 13.8 Å². The van der Waals surface area contributed by atoms with Crippen LogP contribution in [0.5, 0.6) is 0 Å². The topological polar surface area (TPSA) is 71.8 Å². The summed E-state index contributed by atoms with van der Waals surface area (Å²) < 4.78 is 2.14. The van der Waals surface area contributed by atoms with Crippen molar-refractivity contribution < 1.29 is 4.79 Å². The molecular weight excluding hydrogens is 290 g/mol. The molecule has 3 rings (SSSR count). The molecule has 3 aromatic rings. The highest BCUT2D eigenvalue weighted by molar-refractivity contribution is 6.09. The van der Waals surface area contributed by atoms with Crippen LogP contribution in [0, 0.1) is 5.92 Å². The summed E-state index contributed by atoms with van der Waals surface area (Å²) in [5.41, 5.74) is 2.60. The maximum atomic E-state index is 11.9. The Kier molecular flexibility index (Phi) is 4.25. The molecule has 2 N–H and O–H groups in total. The van der Waals surface area contributed by atoms with Gasteiger partial charge in [0.2, 0.25) is 5.91 Å². The second kappa shape index (κ2) is 6.34. The lowest BCUT2D eigenvalue weighted by atomic mass is 10.1. The van der Waals surface area contributed by atoms with Crippen molar-refractivity contribution in [2.45, 2.75) is 20.4 Å². The summed E-state index contributed by atoms with van der Waals surface area (Å²) in [5, 5.41) is 6.74. The minimum Gasteiger partial charge on any atom is -0.330 e. The fourth-order valence-electron chi connectivity index (χ4n) is 2.74. The van der Waals surface area contributed by atoms with Gasteiger partial charge < -0.3 is 15.2 Å². The van der Waals surface area contributed by atoms with Crippen molar-refractivity contribution in [2.75, 3.05) is 18.9 Å². The summed E-state index contributed by atoms with van der Waals surface area (Å²) in [6.45, 7) is 5.45. The molecule has 0 spiro atoms. The molecule has 0 fully saturated rings. The molecule has 2 aromatic heterocycles. The van der Waals surface area contributed by atoms with Gasteiger partial charge in [0, 0.05) is 11.9 Å². The average Bonchev–Trinajstić information content (AvgIpc) is 2.91. The van der Waals surface area contributed by atoms with Gasteiger partial charge in [-0.2, -0.15) is 0 Å². The minimum absolute atomic E-state index is 0.130. The number of pyridine rings is 1. The molecule has 1 amide bonds. The third-order valence-corrected chi connectivity index (χ3v) is 3.61. The Morgan fingerprint density at radius 1 is 1.30 bits per heavy atom. The summed E-state index contributed by atoms with van der Waals surface area (Å²) in [6, 6.07) is 7.94. The molecule has 0 aliphatic carbocycles. The maximum Gasteiger partial charge on any atom is 0.239 e. The predicted molar refractivity (Wildman–Crippen MR) is 92.4 cm³/mol. The van der Waals surface area contributed by atoms with Gasteiger partial charge in [0.25, 0.3) is 0 Å². The lowest BCUT2D eigenvalue weighted by molar-refractivity contribution is -0.115. The third-order valence-electron chi connectivity index (χ3n) is 3.61. The predicted octanol–water partition coefficient (Wildman–Crippen LogP) is 2.40. The van der Waals surface area contributed by atoms with Gasteiger partial charge in [-0.3, -0.25) is 4.79 Å². The van der Waals surface area contributed by atoms with Crippen LogP contribution in [-0.4, -0.2) is 34.0 Å². The molecule has 6 heteroatoms. The van der Waals surface area contributed by atoms with Crippen LogP contribution >= 0.6 is 0 Å². The van der Waals surface area contributed by atoms with E-state index < -0.39 is 0 Å². The number of anilines is 1. The number of amides is 1. The maximum absolute atomic E-state index is 11.9. The SMILES string of the molecule is CNCC(=O)Nc1nc2ccccc2c2c1ncn2CC(C)C. The Morgan fingerprint density at radius 3 is 2.83 bits per heavy atom. The number of carbonyl (C=O) groups excluding carboxylic acids is 1. The zero-order chi connectivity index (χ0) is 16.4. The molecule has 0 saturated carbocycles. The molecule has 0 aliphatic heterocycles. The van der Waals surface area contributed by atoms with E-state index in [1.165, 1.54) is 0 Å². The number of para-hydroxylation sites is 1. The lowest BCUT2D eigenvalue weighted by Crippen LogP contribution is -2.25. The average molecular weight is 311 g/mol. The van der Waals surface area contributed by atoms with Crippen molar-refractivity contribution in [3.8, 4) is 0 Å². The molecule has 0 bridgehead atoms. The van der Waals surface area contributed by atoms with Crippen LogP contribution in [0.2, 0.25) is 0 Å². The van der Waals surface area contributed by atoms with E-state index in [2.05, 4.69) is 39.0 Å². The number of imidazole rings is 1. The first-order valence-corrected chi connectivity index (χ1v) is 7.78. The number of hydrogen-bond acceptors (Lipinski definition) is 4. The second-order valence-corrected chi connectivity index (χ2v) is 6.04. The van der Waals surface area contributed by atoms with Gasteiger partial charge in [-0.15, -0.1) is 0 Å². The quantitative estimate of drug-likeness (QED) is 0.759. The summed E-state index contributed by atoms with van der Waals surface area (Å²) in [6.07, 6.45) is 1.83. The molecular formula is C17H21N5O. The van der Waals surface area contributed by atoms with Gasteiger partial charge in [0.15, 0.2) is 5.82 Å². The van der Waals surface area contributed by atoms with Gasteiger partial charge in [0.1, 0.15) is 5.52 Å². The normalized spacial score (nSPS) is 11.5. The first-order valence-electron chi connectivity index (χ1n) is 7.78. The zero-order valence-electron chi connectivity index (χ0n) is 13.6. The number of aromatic nitrogens is 3. The molecule has 1 aromatic carbocycles. The molecule has 0 saturated heterocycles. The fourth-order valence-corrected chi connectivity index (χ4v) is 2.74. The van der Waals surface area contributed by atoms with Gasteiger partial charge in [-0.1, -0.05) is 32.0 Å². The highest BCUT2D eigenvalue weighted by Crippen LogP contribution is 2.29. The Bertz CT molecular complexity index is 853. The summed E-state index contributed by atoms with van der Waals surface area (Å²) in [7, 11) is 1.74. The van der Waals surface area contributed by atoms with Gasteiger partial charge in [0.05, 0.1) is 23.9 Å². The first kappa shape index (κ1) is 15.4. The smallest absolute Gasteiger partial charge is 0.239 e. The number of nitrogens with zero attached hydrogens (tertiary/aromatic N) is 3. The van der Waals surface area contributed by atoms with Crippen LogP contribution in [0.15, 0.2) is 30.6 Å². The minimum atomic E-state index is -0.130. The molecule has 0 radical (unpaired) electrons. The monoisotopic (exact) mass is 311 g/mol. The Balaban J connectivity index is 2.19. The van der Waals surface area contributed by atoms with Gasteiger partial charge >= 0.3 is 0 Å². The van der Waals surface area contributed by atoms with Crippen LogP contribution in [-0.2, 0) is 11.3 Å². The summed E-state index contributed by atoms with van der Waals surface area (Å²) in [4.78, 5) is 21.0. The molecule has 2 heterocycles. The molecule has 0 atom stereocenters. The van der Waals surface area contributed by atoms with Crippen molar-refractivity contribution in [1.82, 2.24) is 19.9 Å². The fraction of sp³-hybridized carbons (Fsp3) is 0.353. The van der Waals surface area contributed by atoms with E-state index in [9.17, 15) is 4.79 Å². The van der Waals surface area contributed by atoms with E-state index in [1.54, 1.807) is 7.05 Å². The van der Waals surface area contributed by atoms with Crippen LogP contribution in [0.4, 0.5) is 5.82 Å².